The number of halogens is 2. The summed E-state index contributed by atoms with van der Waals surface area (Å²) in [6, 6.07) is 3.96. The molecule has 1 aromatic rings. The molecule has 4 heteroatoms. The van der Waals surface area contributed by atoms with E-state index in [4.69, 9.17) is 4.74 Å². The summed E-state index contributed by atoms with van der Waals surface area (Å²) in [6.45, 7) is 9.28. The summed E-state index contributed by atoms with van der Waals surface area (Å²) in [5, 5.41) is 3.29. The molecule has 114 valence electrons. The second-order valence-corrected chi connectivity index (χ2v) is 5.24. The normalized spacial score (nSPS) is 14.6. The predicted octanol–water partition coefficient (Wildman–Crippen LogP) is 4.07. The van der Waals surface area contributed by atoms with E-state index in [0.29, 0.717) is 12.2 Å². The topological polar surface area (TPSA) is 21.3 Å². The van der Waals surface area contributed by atoms with E-state index in [9.17, 15) is 8.78 Å². The molecular weight excluding hydrogens is 260 g/mol. The van der Waals surface area contributed by atoms with Gasteiger partial charge in [0.1, 0.15) is 0 Å². The van der Waals surface area contributed by atoms with Gasteiger partial charge in [-0.15, -0.1) is 0 Å². The third-order valence-electron chi connectivity index (χ3n) is 3.28. The molecule has 0 aliphatic heterocycles. The van der Waals surface area contributed by atoms with Crippen molar-refractivity contribution in [3.8, 4) is 0 Å². The third-order valence-corrected chi connectivity index (χ3v) is 3.28. The summed E-state index contributed by atoms with van der Waals surface area (Å²) < 4.78 is 33.3. The van der Waals surface area contributed by atoms with Gasteiger partial charge in [-0.3, -0.25) is 0 Å². The highest BCUT2D eigenvalue weighted by Crippen LogP contribution is 2.28. The van der Waals surface area contributed by atoms with Crippen LogP contribution in [0.25, 0.3) is 0 Å². The Kier molecular flexibility index (Phi) is 7.10. The molecule has 2 unspecified atom stereocenters. The molecule has 0 bridgehead atoms. The predicted molar refractivity (Wildman–Crippen MR) is 77.6 cm³/mol. The van der Waals surface area contributed by atoms with E-state index in [0.717, 1.165) is 19.0 Å². The molecule has 0 amide bonds. The fraction of sp³-hybridized carbons (Fsp3) is 0.625. The zero-order valence-electron chi connectivity index (χ0n) is 12.7. The van der Waals surface area contributed by atoms with Crippen molar-refractivity contribution in [2.45, 2.75) is 46.3 Å². The molecule has 2 atom stereocenters. The highest BCUT2D eigenvalue weighted by Gasteiger charge is 2.29. The second-order valence-electron chi connectivity index (χ2n) is 5.24. The highest BCUT2D eigenvalue weighted by molar-refractivity contribution is 5.24. The molecule has 0 aliphatic carbocycles. The van der Waals surface area contributed by atoms with Crippen molar-refractivity contribution in [1.82, 2.24) is 5.32 Å². The van der Waals surface area contributed by atoms with Crippen molar-refractivity contribution in [3.05, 3.63) is 35.4 Å². The number of benzene rings is 1. The van der Waals surface area contributed by atoms with E-state index < -0.39 is 11.6 Å². The minimum atomic E-state index is -0.815. The van der Waals surface area contributed by atoms with E-state index in [1.54, 1.807) is 6.07 Å². The quantitative estimate of drug-likeness (QED) is 0.777. The van der Waals surface area contributed by atoms with Crippen LogP contribution in [0, 0.1) is 17.6 Å². The SMILES string of the molecule is CCCNC(c1cccc(F)c1F)C(OCC)C(C)C. The molecule has 0 saturated carbocycles. The van der Waals surface area contributed by atoms with Crippen molar-refractivity contribution in [3.63, 3.8) is 0 Å². The molecule has 0 radical (unpaired) electrons. The zero-order chi connectivity index (χ0) is 15.1. The Morgan fingerprint density at radius 3 is 2.45 bits per heavy atom. The van der Waals surface area contributed by atoms with Crippen LogP contribution in [-0.4, -0.2) is 19.3 Å². The van der Waals surface area contributed by atoms with Gasteiger partial charge in [-0.05, 0) is 31.9 Å². The van der Waals surface area contributed by atoms with Gasteiger partial charge < -0.3 is 10.1 Å². The first-order chi connectivity index (χ1) is 9.52. The Morgan fingerprint density at radius 2 is 1.90 bits per heavy atom. The lowest BCUT2D eigenvalue weighted by Gasteiger charge is -2.31. The molecule has 1 aromatic carbocycles. The molecule has 0 fully saturated rings. The molecule has 2 nitrogen and oxygen atoms in total. The number of nitrogens with one attached hydrogen (secondary N) is 1. The van der Waals surface area contributed by atoms with Gasteiger partial charge in [0.25, 0.3) is 0 Å². The van der Waals surface area contributed by atoms with Crippen LogP contribution >= 0.6 is 0 Å². The maximum Gasteiger partial charge on any atom is 0.163 e. The van der Waals surface area contributed by atoms with E-state index >= 15 is 0 Å². The fourth-order valence-electron chi connectivity index (χ4n) is 2.33. The maximum atomic E-state index is 14.1. The monoisotopic (exact) mass is 285 g/mol. The number of hydrogen-bond acceptors (Lipinski definition) is 2. The van der Waals surface area contributed by atoms with Crippen LogP contribution in [0.2, 0.25) is 0 Å². The Morgan fingerprint density at radius 1 is 1.20 bits per heavy atom. The average molecular weight is 285 g/mol. The van der Waals surface area contributed by atoms with Gasteiger partial charge in [-0.25, -0.2) is 8.78 Å². The van der Waals surface area contributed by atoms with E-state index in [1.165, 1.54) is 6.07 Å². The standard InChI is InChI=1S/C16H25F2NO/c1-5-10-19-15(16(11(3)4)20-6-2)12-8-7-9-13(17)14(12)18/h7-9,11,15-16,19H,5-6,10H2,1-4H3. The first-order valence-corrected chi connectivity index (χ1v) is 7.31. The number of hydrogen-bond donors (Lipinski definition) is 1. The van der Waals surface area contributed by atoms with E-state index in [1.807, 2.05) is 27.7 Å². The van der Waals surface area contributed by atoms with Crippen LogP contribution in [0.1, 0.15) is 45.7 Å². The van der Waals surface area contributed by atoms with Crippen LogP contribution in [0.4, 0.5) is 8.78 Å². The summed E-state index contributed by atoms with van der Waals surface area (Å²) in [4.78, 5) is 0. The number of rotatable bonds is 8. The number of ether oxygens (including phenoxy) is 1. The van der Waals surface area contributed by atoms with Gasteiger partial charge in [0, 0.05) is 12.2 Å². The Balaban J connectivity index is 3.12. The molecular formula is C16H25F2NO. The van der Waals surface area contributed by atoms with Crippen molar-refractivity contribution < 1.29 is 13.5 Å². The first-order valence-electron chi connectivity index (χ1n) is 7.31. The van der Waals surface area contributed by atoms with Crippen molar-refractivity contribution >= 4 is 0 Å². The summed E-state index contributed by atoms with van der Waals surface area (Å²) in [5.74, 6) is -1.40. The lowest BCUT2D eigenvalue weighted by atomic mass is 9.92. The van der Waals surface area contributed by atoms with Crippen LogP contribution in [0.3, 0.4) is 0 Å². The van der Waals surface area contributed by atoms with Crippen LogP contribution in [0.5, 0.6) is 0 Å². The highest BCUT2D eigenvalue weighted by atomic mass is 19.2. The Labute approximate surface area is 120 Å². The lowest BCUT2D eigenvalue weighted by Crippen LogP contribution is -2.38. The molecule has 0 aliphatic rings. The average Bonchev–Trinajstić information content (AvgIpc) is 2.41. The van der Waals surface area contributed by atoms with E-state index in [-0.39, 0.29) is 18.1 Å². The van der Waals surface area contributed by atoms with Crippen LogP contribution in [0.15, 0.2) is 18.2 Å². The molecule has 0 spiro atoms. The Bertz CT molecular complexity index is 409. The van der Waals surface area contributed by atoms with Crippen LogP contribution < -0.4 is 5.32 Å². The van der Waals surface area contributed by atoms with Crippen molar-refractivity contribution in [2.24, 2.45) is 5.92 Å². The zero-order valence-corrected chi connectivity index (χ0v) is 12.7. The smallest absolute Gasteiger partial charge is 0.163 e. The second kappa shape index (κ2) is 8.32. The molecule has 0 heterocycles. The summed E-state index contributed by atoms with van der Waals surface area (Å²) >= 11 is 0. The van der Waals surface area contributed by atoms with Gasteiger partial charge in [0.05, 0.1) is 12.1 Å². The largest absolute Gasteiger partial charge is 0.376 e. The third kappa shape index (κ3) is 4.25. The van der Waals surface area contributed by atoms with Crippen LogP contribution in [-0.2, 0) is 4.74 Å². The van der Waals surface area contributed by atoms with Gasteiger partial charge in [0.15, 0.2) is 11.6 Å². The van der Waals surface area contributed by atoms with E-state index in [2.05, 4.69) is 5.32 Å². The minimum Gasteiger partial charge on any atom is -0.376 e. The molecule has 20 heavy (non-hydrogen) atoms. The molecule has 0 aromatic heterocycles. The van der Waals surface area contributed by atoms with Gasteiger partial charge in [-0.1, -0.05) is 32.9 Å². The lowest BCUT2D eigenvalue weighted by molar-refractivity contribution is 0.00189. The summed E-state index contributed by atoms with van der Waals surface area (Å²) in [5.41, 5.74) is 0.339. The maximum absolute atomic E-state index is 14.1. The summed E-state index contributed by atoms with van der Waals surface area (Å²) in [7, 11) is 0. The van der Waals surface area contributed by atoms with Crippen molar-refractivity contribution in [2.75, 3.05) is 13.2 Å². The van der Waals surface area contributed by atoms with Gasteiger partial charge in [-0.2, -0.15) is 0 Å². The first kappa shape index (κ1) is 17.1. The van der Waals surface area contributed by atoms with Gasteiger partial charge in [0.2, 0.25) is 0 Å². The summed E-state index contributed by atoms with van der Waals surface area (Å²) in [6.07, 6.45) is 0.729. The molecule has 1 rings (SSSR count). The molecule has 0 saturated heterocycles. The van der Waals surface area contributed by atoms with Gasteiger partial charge >= 0.3 is 0 Å². The molecule has 1 N–H and O–H groups in total. The van der Waals surface area contributed by atoms with Crippen molar-refractivity contribution in [1.29, 1.82) is 0 Å². The minimum absolute atomic E-state index is 0.192. The fourth-order valence-corrected chi connectivity index (χ4v) is 2.33. The Hall–Kier alpha value is -1.00.